The van der Waals surface area contributed by atoms with Gasteiger partial charge in [0.15, 0.2) is 5.43 Å². The van der Waals surface area contributed by atoms with Crippen LogP contribution in [0.5, 0.6) is 0 Å². The molecule has 0 aliphatic heterocycles. The molecule has 3 heteroatoms. The Morgan fingerprint density at radius 1 is 0.750 bits per heavy atom. The third-order valence-corrected chi connectivity index (χ3v) is 3.64. The van der Waals surface area contributed by atoms with Gasteiger partial charge < -0.3 is 0 Å². The zero-order chi connectivity index (χ0) is 10.3. The molecule has 0 radical (unpaired) electrons. The smallest absolute Gasteiger partial charge is 0.195 e. The van der Waals surface area contributed by atoms with E-state index >= 15 is 0 Å². The van der Waals surface area contributed by atoms with Crippen molar-refractivity contribution in [3.05, 3.63) is 58.8 Å². The Morgan fingerprint density at radius 2 is 1.19 bits per heavy atom. The fraction of sp³-hybridized carbons (Fsp3) is 0. The monoisotopic (exact) mass is 276 g/mol. The van der Waals surface area contributed by atoms with E-state index in [1.165, 1.54) is 0 Å². The van der Waals surface area contributed by atoms with Gasteiger partial charge in [-0.25, -0.2) is 0 Å². The Hall–Kier alpha value is -1.05. The van der Waals surface area contributed by atoms with Crippen LogP contribution in [0.15, 0.2) is 53.3 Å². The molecular formula is C13H8OSZn. The summed E-state index contributed by atoms with van der Waals surface area (Å²) in [7, 11) is 0. The topological polar surface area (TPSA) is 17.1 Å². The maximum atomic E-state index is 12.1. The Kier molecular flexibility index (Phi) is 3.18. The van der Waals surface area contributed by atoms with Crippen LogP contribution in [-0.2, 0) is 19.5 Å². The van der Waals surface area contributed by atoms with Gasteiger partial charge in [-0.05, 0) is 24.3 Å². The van der Waals surface area contributed by atoms with Crippen molar-refractivity contribution in [1.82, 2.24) is 0 Å². The fourth-order valence-corrected chi connectivity index (χ4v) is 2.82. The maximum Gasteiger partial charge on any atom is 0.195 e. The van der Waals surface area contributed by atoms with Gasteiger partial charge in [-0.1, -0.05) is 24.3 Å². The van der Waals surface area contributed by atoms with Crippen LogP contribution < -0.4 is 5.43 Å². The van der Waals surface area contributed by atoms with E-state index in [0.717, 1.165) is 20.2 Å². The zero-order valence-electron chi connectivity index (χ0n) is 8.64. The largest absolute Gasteiger partial charge is 0.289 e. The third kappa shape index (κ3) is 1.70. The van der Waals surface area contributed by atoms with Crippen molar-refractivity contribution >= 4 is 31.5 Å². The summed E-state index contributed by atoms with van der Waals surface area (Å²) in [6.07, 6.45) is 0. The van der Waals surface area contributed by atoms with Crippen LogP contribution in [0.25, 0.3) is 20.2 Å². The van der Waals surface area contributed by atoms with Gasteiger partial charge in [0.2, 0.25) is 0 Å². The van der Waals surface area contributed by atoms with Gasteiger partial charge in [-0.2, -0.15) is 0 Å². The van der Waals surface area contributed by atoms with E-state index in [1.807, 2.05) is 48.5 Å². The first-order valence-corrected chi connectivity index (χ1v) is 5.58. The first kappa shape index (κ1) is 11.4. The molecule has 0 N–H and O–H groups in total. The van der Waals surface area contributed by atoms with Crippen LogP contribution in [-0.4, -0.2) is 0 Å². The van der Waals surface area contributed by atoms with Gasteiger partial charge in [0, 0.05) is 39.7 Å². The van der Waals surface area contributed by atoms with Crippen LogP contribution in [0.3, 0.4) is 0 Å². The molecule has 16 heavy (non-hydrogen) atoms. The minimum absolute atomic E-state index is 0. The summed E-state index contributed by atoms with van der Waals surface area (Å²) in [6, 6.07) is 15.5. The molecule has 0 aliphatic rings. The molecule has 0 amide bonds. The van der Waals surface area contributed by atoms with E-state index in [4.69, 9.17) is 0 Å². The molecule has 3 rings (SSSR count). The fourth-order valence-electron chi connectivity index (χ4n) is 1.75. The van der Waals surface area contributed by atoms with Crippen molar-refractivity contribution in [1.29, 1.82) is 0 Å². The van der Waals surface area contributed by atoms with Crippen molar-refractivity contribution in [2.24, 2.45) is 0 Å². The summed E-state index contributed by atoms with van der Waals surface area (Å²) in [5.74, 6) is 0. The van der Waals surface area contributed by atoms with Crippen molar-refractivity contribution in [3.8, 4) is 0 Å². The maximum absolute atomic E-state index is 12.1. The molecule has 3 aromatic rings. The van der Waals surface area contributed by atoms with Crippen molar-refractivity contribution < 1.29 is 19.5 Å². The average Bonchev–Trinajstić information content (AvgIpc) is 2.30. The molecule has 74 valence electrons. The molecule has 0 unspecified atom stereocenters. The van der Waals surface area contributed by atoms with E-state index in [-0.39, 0.29) is 24.9 Å². The number of benzene rings is 2. The van der Waals surface area contributed by atoms with Crippen molar-refractivity contribution in [2.75, 3.05) is 0 Å². The standard InChI is InChI=1S/C13H8OS.Zn/c14-13-9-5-1-3-7-11(9)15-12-8-4-2-6-10(12)13;/h1-8H;. The second-order valence-electron chi connectivity index (χ2n) is 3.42. The molecule has 0 saturated heterocycles. The van der Waals surface area contributed by atoms with Crippen LogP contribution in [0.4, 0.5) is 0 Å². The molecule has 0 saturated carbocycles. The Bertz CT molecular complexity index is 646. The third-order valence-electron chi connectivity index (χ3n) is 2.48. The van der Waals surface area contributed by atoms with Crippen LogP contribution in [0.1, 0.15) is 0 Å². The first-order valence-electron chi connectivity index (χ1n) is 4.77. The number of rotatable bonds is 0. The van der Waals surface area contributed by atoms with Gasteiger partial charge >= 0.3 is 0 Å². The normalized spacial score (nSPS) is 10.2. The van der Waals surface area contributed by atoms with E-state index in [9.17, 15) is 4.79 Å². The predicted molar refractivity (Wildman–Crippen MR) is 65.6 cm³/mol. The molecule has 0 aliphatic carbocycles. The Morgan fingerprint density at radius 3 is 1.69 bits per heavy atom. The molecule has 2 aromatic carbocycles. The Balaban J connectivity index is 0.000000963. The van der Waals surface area contributed by atoms with Crippen molar-refractivity contribution in [2.45, 2.75) is 0 Å². The summed E-state index contributed by atoms with van der Waals surface area (Å²) in [5, 5.41) is 1.64. The molecule has 0 bridgehead atoms. The van der Waals surface area contributed by atoms with Gasteiger partial charge in [0.25, 0.3) is 0 Å². The van der Waals surface area contributed by atoms with Crippen LogP contribution in [0, 0.1) is 0 Å². The SMILES string of the molecule is O=c1c2ccccc2sc2ccccc12.[Zn]. The first-order chi connectivity index (χ1) is 7.36. The molecule has 1 nitrogen and oxygen atoms in total. The van der Waals surface area contributed by atoms with Gasteiger partial charge in [0.05, 0.1) is 0 Å². The predicted octanol–water partition coefficient (Wildman–Crippen LogP) is 3.41. The van der Waals surface area contributed by atoms with E-state index in [2.05, 4.69) is 0 Å². The summed E-state index contributed by atoms with van der Waals surface area (Å²) in [5.41, 5.74) is 0.139. The van der Waals surface area contributed by atoms with Crippen molar-refractivity contribution in [3.63, 3.8) is 0 Å². The molecule has 1 aromatic heterocycles. The second kappa shape index (κ2) is 4.44. The number of hydrogen-bond acceptors (Lipinski definition) is 2. The average molecular weight is 278 g/mol. The minimum Gasteiger partial charge on any atom is -0.289 e. The summed E-state index contributed by atoms with van der Waals surface area (Å²) < 4.78 is 2.11. The van der Waals surface area contributed by atoms with Gasteiger partial charge in [-0.15, -0.1) is 11.3 Å². The quantitative estimate of drug-likeness (QED) is 0.455. The number of fused-ring (bicyclic) bond motifs is 2. The van der Waals surface area contributed by atoms with Gasteiger partial charge in [-0.3, -0.25) is 4.79 Å². The summed E-state index contributed by atoms with van der Waals surface area (Å²) in [4.78, 5) is 12.1. The molecular weight excluding hydrogens is 270 g/mol. The second-order valence-corrected chi connectivity index (χ2v) is 4.51. The zero-order valence-corrected chi connectivity index (χ0v) is 12.4. The van der Waals surface area contributed by atoms with E-state index in [1.54, 1.807) is 11.3 Å². The minimum atomic E-state index is 0. The van der Waals surface area contributed by atoms with E-state index in [0.29, 0.717) is 0 Å². The molecule has 0 spiro atoms. The molecule has 0 atom stereocenters. The van der Waals surface area contributed by atoms with Crippen LogP contribution >= 0.6 is 11.3 Å². The molecule has 0 fully saturated rings. The molecule has 1 heterocycles. The van der Waals surface area contributed by atoms with Crippen LogP contribution in [0.2, 0.25) is 0 Å². The number of hydrogen-bond donors (Lipinski definition) is 0. The van der Waals surface area contributed by atoms with E-state index < -0.39 is 0 Å². The summed E-state index contributed by atoms with van der Waals surface area (Å²) >= 11 is 1.67. The Labute approximate surface area is 109 Å². The van der Waals surface area contributed by atoms with Gasteiger partial charge in [0.1, 0.15) is 0 Å². The summed E-state index contributed by atoms with van der Waals surface area (Å²) in [6.45, 7) is 0.